The van der Waals surface area contributed by atoms with Gasteiger partial charge in [-0.2, -0.15) is 0 Å². The number of piperidine rings is 1. The van der Waals surface area contributed by atoms with E-state index in [-0.39, 0.29) is 30.2 Å². The van der Waals surface area contributed by atoms with Gasteiger partial charge in [-0.3, -0.25) is 19.4 Å². The third kappa shape index (κ3) is 7.18. The largest absolute Gasteiger partial charge is 0.490 e. The minimum absolute atomic E-state index is 0.0857. The molecule has 35 heavy (non-hydrogen) atoms. The van der Waals surface area contributed by atoms with Crippen LogP contribution in [-0.4, -0.2) is 72.5 Å². The quantitative estimate of drug-likeness (QED) is 0.479. The fourth-order valence-electron chi connectivity index (χ4n) is 3.92. The van der Waals surface area contributed by atoms with Crippen molar-refractivity contribution in [1.82, 2.24) is 14.8 Å². The van der Waals surface area contributed by atoms with E-state index in [0.717, 1.165) is 12.0 Å². The third-order valence-corrected chi connectivity index (χ3v) is 5.72. The number of hydrogen-bond donors (Lipinski definition) is 0. The van der Waals surface area contributed by atoms with E-state index in [1.165, 1.54) is 4.90 Å². The topological polar surface area (TPSA) is 98.3 Å². The minimum atomic E-state index is -0.318. The van der Waals surface area contributed by atoms with Crippen LogP contribution < -0.4 is 9.47 Å². The molecule has 0 bridgehead atoms. The Balaban J connectivity index is 1.62. The zero-order valence-corrected chi connectivity index (χ0v) is 20.6. The first-order chi connectivity index (χ1) is 16.9. The molecular formula is C26H33N3O6. The van der Waals surface area contributed by atoms with Gasteiger partial charge in [-0.1, -0.05) is 6.07 Å². The number of likely N-dealkylation sites (tertiary alicyclic amines) is 1. The van der Waals surface area contributed by atoms with Crippen LogP contribution in [0.5, 0.6) is 11.5 Å². The third-order valence-electron chi connectivity index (χ3n) is 5.72. The van der Waals surface area contributed by atoms with Gasteiger partial charge in [-0.05, 0) is 51.0 Å². The van der Waals surface area contributed by atoms with Crippen LogP contribution in [0.25, 0.3) is 0 Å². The maximum Gasteiger partial charge on any atom is 0.310 e. The number of nitrogens with zero attached hydrogens (tertiary/aromatic N) is 3. The molecule has 0 radical (unpaired) electrons. The van der Waals surface area contributed by atoms with Crippen molar-refractivity contribution in [2.75, 3.05) is 39.9 Å². The maximum absolute atomic E-state index is 13.0. The van der Waals surface area contributed by atoms with Gasteiger partial charge in [0.05, 0.1) is 25.7 Å². The Morgan fingerprint density at radius 2 is 1.94 bits per heavy atom. The average Bonchev–Trinajstić information content (AvgIpc) is 2.88. The number of pyridine rings is 1. The molecule has 1 aliphatic rings. The monoisotopic (exact) mass is 483 g/mol. The predicted octanol–water partition coefficient (Wildman–Crippen LogP) is 2.93. The molecule has 3 rings (SSSR count). The molecule has 188 valence electrons. The molecule has 1 aliphatic heterocycles. The second-order valence-electron chi connectivity index (χ2n) is 8.34. The molecular weight excluding hydrogens is 450 g/mol. The predicted molar refractivity (Wildman–Crippen MR) is 129 cm³/mol. The van der Waals surface area contributed by atoms with E-state index in [4.69, 9.17) is 14.2 Å². The summed E-state index contributed by atoms with van der Waals surface area (Å²) in [5.74, 6) is -0.127. The van der Waals surface area contributed by atoms with Crippen molar-refractivity contribution in [3.63, 3.8) is 0 Å². The number of aromatic nitrogens is 1. The zero-order valence-electron chi connectivity index (χ0n) is 20.6. The molecule has 0 spiro atoms. The summed E-state index contributed by atoms with van der Waals surface area (Å²) < 4.78 is 16.7. The van der Waals surface area contributed by atoms with E-state index < -0.39 is 0 Å². The molecule has 2 heterocycles. The van der Waals surface area contributed by atoms with Crippen LogP contribution in [0.2, 0.25) is 0 Å². The molecule has 2 aromatic rings. The molecule has 1 saturated heterocycles. The lowest BCUT2D eigenvalue weighted by Gasteiger charge is -2.32. The summed E-state index contributed by atoms with van der Waals surface area (Å²) in [6.07, 6.45) is 4.85. The summed E-state index contributed by atoms with van der Waals surface area (Å²) in [6, 6.07) is 8.72. The smallest absolute Gasteiger partial charge is 0.310 e. The molecule has 1 aromatic heterocycles. The van der Waals surface area contributed by atoms with Crippen LogP contribution in [0.4, 0.5) is 0 Å². The second kappa shape index (κ2) is 12.7. The Hall–Kier alpha value is -3.62. The van der Waals surface area contributed by atoms with Crippen molar-refractivity contribution < 1.29 is 28.6 Å². The average molecular weight is 484 g/mol. The molecule has 9 nitrogen and oxygen atoms in total. The van der Waals surface area contributed by atoms with Crippen LogP contribution in [0, 0.1) is 5.92 Å². The highest BCUT2D eigenvalue weighted by molar-refractivity contribution is 5.97. The summed E-state index contributed by atoms with van der Waals surface area (Å²) in [4.78, 5) is 45.0. The van der Waals surface area contributed by atoms with Gasteiger partial charge < -0.3 is 24.0 Å². The summed E-state index contributed by atoms with van der Waals surface area (Å²) >= 11 is 0. The first-order valence-corrected chi connectivity index (χ1v) is 11.9. The highest BCUT2D eigenvalue weighted by Gasteiger charge is 2.30. The Labute approximate surface area is 206 Å². The summed E-state index contributed by atoms with van der Waals surface area (Å²) in [6.45, 7) is 5.46. The van der Waals surface area contributed by atoms with Gasteiger partial charge in [-0.15, -0.1) is 0 Å². The zero-order chi connectivity index (χ0) is 25.2. The molecule has 0 saturated carbocycles. The van der Waals surface area contributed by atoms with Crippen molar-refractivity contribution in [1.29, 1.82) is 0 Å². The first-order valence-electron chi connectivity index (χ1n) is 11.9. The summed E-state index contributed by atoms with van der Waals surface area (Å²) in [7, 11) is 1.58. The molecule has 0 aliphatic carbocycles. The lowest BCUT2D eigenvalue weighted by atomic mass is 9.98. The molecule has 1 unspecified atom stereocenters. The number of amides is 2. The highest BCUT2D eigenvalue weighted by Crippen LogP contribution is 2.30. The number of rotatable bonds is 10. The number of carbonyl (C=O) groups is 3. The van der Waals surface area contributed by atoms with Gasteiger partial charge in [0.25, 0.3) is 5.91 Å². The Kier molecular flexibility index (Phi) is 9.46. The molecule has 1 atom stereocenters. The Morgan fingerprint density at radius 3 is 2.66 bits per heavy atom. The van der Waals surface area contributed by atoms with Crippen molar-refractivity contribution in [2.24, 2.45) is 5.92 Å². The lowest BCUT2D eigenvalue weighted by molar-refractivity contribution is -0.151. The minimum Gasteiger partial charge on any atom is -0.490 e. The number of carbonyl (C=O) groups excluding carboxylic acids is 3. The molecule has 1 aromatic carbocycles. The van der Waals surface area contributed by atoms with Gasteiger partial charge in [0.2, 0.25) is 5.91 Å². The van der Waals surface area contributed by atoms with Crippen LogP contribution in [0.3, 0.4) is 0 Å². The normalized spacial score (nSPS) is 15.3. The van der Waals surface area contributed by atoms with Crippen molar-refractivity contribution in [2.45, 2.75) is 33.3 Å². The van der Waals surface area contributed by atoms with Crippen LogP contribution >= 0.6 is 0 Å². The number of ether oxygens (including phenoxy) is 3. The van der Waals surface area contributed by atoms with Crippen LogP contribution in [-0.2, 0) is 20.9 Å². The number of esters is 1. The molecule has 0 N–H and O–H groups in total. The van der Waals surface area contributed by atoms with Crippen molar-refractivity contribution in [3.8, 4) is 11.5 Å². The van der Waals surface area contributed by atoms with E-state index in [0.29, 0.717) is 56.4 Å². The van der Waals surface area contributed by atoms with Crippen molar-refractivity contribution in [3.05, 3.63) is 53.9 Å². The number of likely N-dealkylation sites (N-methyl/N-ethyl adjacent to an activating group) is 1. The van der Waals surface area contributed by atoms with Gasteiger partial charge in [0.1, 0.15) is 6.61 Å². The molecule has 9 heteroatoms. The number of benzene rings is 1. The fraction of sp³-hybridized carbons (Fsp3) is 0.462. The molecule has 1 fully saturated rings. The van der Waals surface area contributed by atoms with E-state index in [2.05, 4.69) is 4.98 Å². The van der Waals surface area contributed by atoms with E-state index in [9.17, 15) is 14.4 Å². The number of hydrogen-bond acceptors (Lipinski definition) is 7. The molecule has 2 amide bonds. The Bertz CT molecular complexity index is 1010. The summed E-state index contributed by atoms with van der Waals surface area (Å²) in [5.41, 5.74) is 1.30. The lowest BCUT2D eigenvalue weighted by Crippen LogP contribution is -2.47. The van der Waals surface area contributed by atoms with E-state index in [1.54, 1.807) is 49.5 Å². The standard InChI is InChI=1S/C26H33N3O6/c1-4-33-23-14-20(10-11-22(23)35-18-19-8-6-12-27-15-19)25(31)28(3)17-24(30)29-13-7-9-21(16-29)26(32)34-5-2/h6,8,10-12,14-15,21H,4-5,7,9,13,16-18H2,1-3H3. The Morgan fingerprint density at radius 1 is 1.11 bits per heavy atom. The van der Waals surface area contributed by atoms with Gasteiger partial charge in [-0.25, -0.2) is 0 Å². The SMILES string of the molecule is CCOC(=O)C1CCCN(C(=O)CN(C)C(=O)c2ccc(OCc3cccnc3)c(OCC)c2)C1. The van der Waals surface area contributed by atoms with Crippen molar-refractivity contribution >= 4 is 17.8 Å². The summed E-state index contributed by atoms with van der Waals surface area (Å²) in [5, 5.41) is 0. The van der Waals surface area contributed by atoms with Gasteiger partial charge >= 0.3 is 5.97 Å². The second-order valence-corrected chi connectivity index (χ2v) is 8.34. The van der Waals surface area contributed by atoms with Crippen LogP contribution in [0.15, 0.2) is 42.7 Å². The van der Waals surface area contributed by atoms with Gasteiger partial charge in [0.15, 0.2) is 11.5 Å². The fourth-order valence-corrected chi connectivity index (χ4v) is 3.92. The highest BCUT2D eigenvalue weighted by atomic mass is 16.5. The maximum atomic E-state index is 13.0. The van der Waals surface area contributed by atoms with Gasteiger partial charge in [0, 0.05) is 43.7 Å². The van der Waals surface area contributed by atoms with Crippen LogP contribution in [0.1, 0.15) is 42.6 Å². The first kappa shape index (κ1) is 26.0. The van der Waals surface area contributed by atoms with E-state index >= 15 is 0 Å². The van der Waals surface area contributed by atoms with E-state index in [1.807, 2.05) is 19.1 Å².